The van der Waals surface area contributed by atoms with E-state index in [2.05, 4.69) is 64.0 Å². The van der Waals surface area contributed by atoms with Crippen molar-refractivity contribution in [3.05, 3.63) is 46.3 Å². The zero-order valence-corrected chi connectivity index (χ0v) is 27.9. The summed E-state index contributed by atoms with van der Waals surface area (Å²) in [6, 6.07) is 0. The van der Waals surface area contributed by atoms with Gasteiger partial charge in [0.05, 0.1) is 0 Å². The fourth-order valence-corrected chi connectivity index (χ4v) is 11.5. The molecule has 7 aliphatic rings. The topological polar surface area (TPSA) is 89.9 Å². The fraction of sp³-hybridized carbons (Fsp3) is 0.703. The van der Waals surface area contributed by atoms with Crippen LogP contribution in [0.4, 0.5) is 0 Å². The van der Waals surface area contributed by atoms with Crippen LogP contribution in [0.5, 0.6) is 0 Å². The molecular weight excluding hydrogens is 550 g/mol. The summed E-state index contributed by atoms with van der Waals surface area (Å²) in [5.74, 6) is -0.840. The molecule has 44 heavy (non-hydrogen) atoms. The quantitative estimate of drug-likeness (QED) is 0.380. The first kappa shape index (κ1) is 30.0. The Kier molecular flexibility index (Phi) is 6.28. The number of fused-ring (bicyclic) bond motifs is 7. The van der Waals surface area contributed by atoms with Gasteiger partial charge < -0.3 is 20.2 Å². The van der Waals surface area contributed by atoms with Crippen LogP contribution >= 0.6 is 0 Å². The van der Waals surface area contributed by atoms with Gasteiger partial charge in [-0.15, -0.1) is 0 Å². The molecule has 7 nitrogen and oxygen atoms in total. The fourth-order valence-electron chi connectivity index (χ4n) is 11.5. The summed E-state index contributed by atoms with van der Waals surface area (Å²) >= 11 is 0. The zero-order chi connectivity index (χ0) is 31.7. The van der Waals surface area contributed by atoms with Crippen molar-refractivity contribution in [2.24, 2.45) is 33.0 Å². The maximum atomic E-state index is 13.5. The van der Waals surface area contributed by atoms with Crippen molar-refractivity contribution in [1.82, 2.24) is 15.1 Å². The first-order valence-electron chi connectivity index (χ1n) is 16.9. The second kappa shape index (κ2) is 9.20. The van der Waals surface area contributed by atoms with Gasteiger partial charge in [0, 0.05) is 48.1 Å². The molecule has 1 unspecified atom stereocenters. The maximum Gasteiger partial charge on any atom is 0.311 e. The van der Waals surface area contributed by atoms with E-state index >= 15 is 0 Å². The lowest BCUT2D eigenvalue weighted by atomic mass is 9.35. The Hall–Kier alpha value is -2.67. The molecule has 6 atom stereocenters. The van der Waals surface area contributed by atoms with Crippen LogP contribution in [-0.4, -0.2) is 71.3 Å². The molecule has 3 saturated carbocycles. The number of nitrogens with zero attached hydrogens (tertiary/aromatic N) is 2. The van der Waals surface area contributed by atoms with Crippen LogP contribution < -0.4 is 5.32 Å². The molecule has 5 aliphatic carbocycles. The molecule has 7 heteroatoms. The smallest absolute Gasteiger partial charge is 0.311 e. The monoisotopic (exact) mass is 601 g/mol. The third kappa shape index (κ3) is 3.93. The molecule has 0 aromatic carbocycles. The summed E-state index contributed by atoms with van der Waals surface area (Å²) < 4.78 is 0. The number of likely N-dealkylation sites (tertiary alicyclic amines) is 2. The number of aliphatic hydroxyl groups excluding tert-OH is 1. The molecule has 2 N–H and O–H groups in total. The minimum Gasteiger partial charge on any atom is -0.504 e. The standard InChI is InChI=1S/C37H51N3O4/c1-23-24-8-9-27-34(4,25(24)18-26(41)29(23)42)13-15-36(6)28-19-33(3,12-10-32(28,2)11-14-35(27,36)5)38-30(43)31(44)40-17-16-37(22-40)20-39(7)21-37/h8-9,18,28,42H,10-17,19-22H2,1-7H3,(H,38,43)/t28?,32-,33-,34+,35-,36+/m1/s1. The van der Waals surface area contributed by atoms with Gasteiger partial charge >= 0.3 is 11.8 Å². The second-order valence-corrected chi connectivity index (χ2v) is 17.2. The summed E-state index contributed by atoms with van der Waals surface area (Å²) in [6.45, 7) is 17.1. The average Bonchev–Trinajstić information content (AvgIpc) is 3.39. The summed E-state index contributed by atoms with van der Waals surface area (Å²) in [7, 11) is 2.11. The van der Waals surface area contributed by atoms with Gasteiger partial charge in [-0.3, -0.25) is 14.4 Å². The van der Waals surface area contributed by atoms with Crippen LogP contribution in [-0.2, 0) is 14.4 Å². The van der Waals surface area contributed by atoms with Crippen LogP contribution in [0.1, 0.15) is 92.9 Å². The molecule has 0 aromatic rings. The highest BCUT2D eigenvalue weighted by atomic mass is 16.3. The molecule has 2 amide bonds. The molecule has 238 valence electrons. The van der Waals surface area contributed by atoms with Gasteiger partial charge in [-0.2, -0.15) is 0 Å². The molecular formula is C37H51N3O4. The van der Waals surface area contributed by atoms with Crippen molar-refractivity contribution in [2.45, 2.75) is 98.4 Å². The molecule has 0 bridgehead atoms. The number of hydrogen-bond donors (Lipinski definition) is 2. The molecule has 0 aromatic heterocycles. The van der Waals surface area contributed by atoms with Gasteiger partial charge in [-0.25, -0.2) is 0 Å². The van der Waals surface area contributed by atoms with Gasteiger partial charge in [0.1, 0.15) is 0 Å². The Bertz CT molecular complexity index is 1500. The Labute approximate surface area is 262 Å². The lowest BCUT2D eigenvalue weighted by molar-refractivity contribution is -0.159. The molecule has 2 saturated heterocycles. The van der Waals surface area contributed by atoms with Crippen LogP contribution in [0, 0.1) is 33.0 Å². The van der Waals surface area contributed by atoms with Crippen molar-refractivity contribution < 1.29 is 19.5 Å². The van der Waals surface area contributed by atoms with Crippen molar-refractivity contribution in [2.75, 3.05) is 33.2 Å². The van der Waals surface area contributed by atoms with Gasteiger partial charge in [0.25, 0.3) is 0 Å². The summed E-state index contributed by atoms with van der Waals surface area (Å²) in [6.07, 6.45) is 14.1. The Balaban J connectivity index is 1.15. The lowest BCUT2D eigenvalue weighted by Gasteiger charge is -2.70. The summed E-state index contributed by atoms with van der Waals surface area (Å²) in [5.41, 5.74) is 3.72. The molecule has 2 aliphatic heterocycles. The first-order chi connectivity index (χ1) is 20.5. The van der Waals surface area contributed by atoms with E-state index in [0.29, 0.717) is 24.6 Å². The highest BCUT2D eigenvalue weighted by Crippen LogP contribution is 2.75. The number of carbonyl (C=O) groups is 3. The highest BCUT2D eigenvalue weighted by molar-refractivity contribution is 6.35. The van der Waals surface area contributed by atoms with Crippen LogP contribution in [0.3, 0.4) is 0 Å². The third-order valence-corrected chi connectivity index (χ3v) is 14.4. The SMILES string of the molecule is CC1=C(O)C(=O)C=C2C1=CC=C1[C@@]2(C)CC[C@@]2(C)C3C[C@](C)(NC(=O)C(=O)N4CCC5(CN(C)C5)C4)CC[C@]3(C)CC[C@]12C. The van der Waals surface area contributed by atoms with E-state index in [1.807, 2.05) is 6.92 Å². The Morgan fingerprint density at radius 1 is 0.932 bits per heavy atom. The number of allylic oxidation sites excluding steroid dienone is 7. The predicted octanol–water partition coefficient (Wildman–Crippen LogP) is 5.65. The Morgan fingerprint density at radius 2 is 1.64 bits per heavy atom. The maximum absolute atomic E-state index is 13.5. The zero-order valence-electron chi connectivity index (χ0n) is 27.9. The van der Waals surface area contributed by atoms with Gasteiger partial charge in [-0.05, 0) is 112 Å². The normalized spacial score (nSPS) is 42.7. The first-order valence-corrected chi connectivity index (χ1v) is 16.9. The second-order valence-electron chi connectivity index (χ2n) is 17.2. The van der Waals surface area contributed by atoms with E-state index in [0.717, 1.165) is 75.6 Å². The average molecular weight is 602 g/mol. The molecule has 2 heterocycles. The number of aliphatic hydroxyl groups is 1. The van der Waals surface area contributed by atoms with Crippen LogP contribution in [0.25, 0.3) is 0 Å². The molecule has 7 rings (SSSR count). The number of ketones is 1. The van der Waals surface area contributed by atoms with Crippen molar-refractivity contribution in [3.8, 4) is 0 Å². The van der Waals surface area contributed by atoms with E-state index in [1.165, 1.54) is 5.57 Å². The number of rotatable bonds is 1. The van der Waals surface area contributed by atoms with Crippen LogP contribution in [0.2, 0.25) is 0 Å². The van der Waals surface area contributed by atoms with Gasteiger partial charge in [0.15, 0.2) is 5.76 Å². The summed E-state index contributed by atoms with van der Waals surface area (Å²) in [4.78, 5) is 43.7. The number of carbonyl (C=O) groups excluding carboxylic acids is 3. The number of nitrogens with one attached hydrogen (secondary N) is 1. The largest absolute Gasteiger partial charge is 0.504 e. The predicted molar refractivity (Wildman–Crippen MR) is 170 cm³/mol. The van der Waals surface area contributed by atoms with Crippen molar-refractivity contribution in [3.63, 3.8) is 0 Å². The molecule has 1 spiro atoms. The molecule has 0 radical (unpaired) electrons. The van der Waals surface area contributed by atoms with Crippen LogP contribution in [0.15, 0.2) is 46.3 Å². The van der Waals surface area contributed by atoms with Gasteiger partial charge in [-0.1, -0.05) is 45.4 Å². The summed E-state index contributed by atoms with van der Waals surface area (Å²) in [5, 5.41) is 13.7. The minimum absolute atomic E-state index is 0.00303. The third-order valence-electron chi connectivity index (χ3n) is 14.4. The van der Waals surface area contributed by atoms with E-state index < -0.39 is 11.4 Å². The number of hydrogen-bond acceptors (Lipinski definition) is 5. The van der Waals surface area contributed by atoms with Gasteiger partial charge in [0.2, 0.25) is 5.78 Å². The van der Waals surface area contributed by atoms with Crippen molar-refractivity contribution in [1.29, 1.82) is 0 Å². The van der Waals surface area contributed by atoms with E-state index in [1.54, 1.807) is 11.0 Å². The lowest BCUT2D eigenvalue weighted by Crippen LogP contribution is -2.65. The van der Waals surface area contributed by atoms with E-state index in [4.69, 9.17) is 0 Å². The number of amides is 2. The molecule has 5 fully saturated rings. The Morgan fingerprint density at radius 3 is 2.34 bits per heavy atom. The minimum atomic E-state index is -0.436. The van der Waals surface area contributed by atoms with E-state index in [-0.39, 0.29) is 44.5 Å². The van der Waals surface area contributed by atoms with E-state index in [9.17, 15) is 19.5 Å². The van der Waals surface area contributed by atoms with Crippen molar-refractivity contribution >= 4 is 17.6 Å². The highest BCUT2D eigenvalue weighted by Gasteiger charge is 2.67.